The number of nitrogens with zero attached hydrogens (tertiary/aromatic N) is 1. The summed E-state index contributed by atoms with van der Waals surface area (Å²) in [5.41, 5.74) is 5.12. The first-order chi connectivity index (χ1) is 9.17. The van der Waals surface area contributed by atoms with E-state index in [1.54, 1.807) is 0 Å². The molecule has 0 aliphatic carbocycles. The fraction of sp³-hybridized carbons (Fsp3) is 0.250. The van der Waals surface area contributed by atoms with E-state index in [9.17, 15) is 0 Å². The average Bonchev–Trinajstić information content (AvgIpc) is 2.42. The number of anilines is 2. The van der Waals surface area contributed by atoms with Crippen LogP contribution in [0.15, 0.2) is 46.9 Å². The van der Waals surface area contributed by atoms with Crippen LogP contribution >= 0.6 is 31.9 Å². The zero-order valence-corrected chi connectivity index (χ0v) is 14.3. The van der Waals surface area contributed by atoms with Crippen LogP contribution in [0.1, 0.15) is 18.1 Å². The van der Waals surface area contributed by atoms with E-state index in [1.165, 1.54) is 22.5 Å². The summed E-state index contributed by atoms with van der Waals surface area (Å²) in [6.07, 6.45) is 0. The van der Waals surface area contributed by atoms with E-state index >= 15 is 0 Å². The van der Waals surface area contributed by atoms with E-state index in [0.29, 0.717) is 0 Å². The van der Waals surface area contributed by atoms with Gasteiger partial charge in [-0.2, -0.15) is 0 Å². The molecule has 0 aliphatic rings. The molecule has 0 radical (unpaired) electrons. The highest BCUT2D eigenvalue weighted by atomic mass is 79.9. The summed E-state index contributed by atoms with van der Waals surface area (Å²) in [6, 6.07) is 14.9. The van der Waals surface area contributed by atoms with Crippen molar-refractivity contribution in [1.82, 2.24) is 0 Å². The van der Waals surface area contributed by atoms with Crippen LogP contribution in [0.3, 0.4) is 0 Å². The second kappa shape index (κ2) is 6.58. The number of aryl methyl sites for hydroxylation is 1. The van der Waals surface area contributed by atoms with E-state index in [-0.39, 0.29) is 0 Å². The maximum Gasteiger partial charge on any atom is 0.0463 e. The summed E-state index contributed by atoms with van der Waals surface area (Å²) in [7, 11) is 0. The fourth-order valence-corrected chi connectivity index (χ4v) is 3.06. The Morgan fingerprint density at radius 3 is 2.42 bits per heavy atom. The number of rotatable bonds is 4. The van der Waals surface area contributed by atoms with Gasteiger partial charge in [0.05, 0.1) is 0 Å². The Morgan fingerprint density at radius 1 is 1.05 bits per heavy atom. The number of halogens is 2. The molecular weight excluding hydrogens is 366 g/mol. The van der Waals surface area contributed by atoms with Gasteiger partial charge in [0.2, 0.25) is 0 Å². The minimum absolute atomic E-state index is 0.859. The van der Waals surface area contributed by atoms with Crippen molar-refractivity contribution in [3.8, 4) is 0 Å². The van der Waals surface area contributed by atoms with E-state index in [2.05, 4.69) is 93.1 Å². The third kappa shape index (κ3) is 3.21. The molecule has 1 nitrogen and oxygen atoms in total. The van der Waals surface area contributed by atoms with Gasteiger partial charge in [0.25, 0.3) is 0 Å². The first-order valence-corrected chi connectivity index (χ1v) is 8.26. The molecule has 0 aromatic heterocycles. The summed E-state index contributed by atoms with van der Waals surface area (Å²) in [4.78, 5) is 2.36. The van der Waals surface area contributed by atoms with Crippen molar-refractivity contribution in [2.24, 2.45) is 0 Å². The lowest BCUT2D eigenvalue weighted by Crippen LogP contribution is -2.18. The summed E-state index contributed by atoms with van der Waals surface area (Å²) >= 11 is 7.15. The number of benzene rings is 2. The van der Waals surface area contributed by atoms with Crippen LogP contribution in [0.2, 0.25) is 0 Å². The zero-order chi connectivity index (χ0) is 13.8. The van der Waals surface area contributed by atoms with Gasteiger partial charge >= 0.3 is 0 Å². The van der Waals surface area contributed by atoms with Crippen LogP contribution in [-0.2, 0) is 5.33 Å². The van der Waals surface area contributed by atoms with Crippen LogP contribution in [-0.4, -0.2) is 6.54 Å². The van der Waals surface area contributed by atoms with Crippen molar-refractivity contribution in [1.29, 1.82) is 0 Å². The molecule has 0 fully saturated rings. The molecule has 0 N–H and O–H groups in total. The zero-order valence-electron chi connectivity index (χ0n) is 11.2. The molecule has 0 bridgehead atoms. The Bertz CT molecular complexity index is 566. The van der Waals surface area contributed by atoms with Gasteiger partial charge in [0, 0.05) is 27.7 Å². The maximum atomic E-state index is 3.58. The molecule has 0 aliphatic heterocycles. The molecule has 2 rings (SSSR count). The normalized spacial score (nSPS) is 10.5. The molecule has 0 heterocycles. The molecular formula is C16H17Br2N. The van der Waals surface area contributed by atoms with Crippen LogP contribution in [0.25, 0.3) is 0 Å². The number of alkyl halides is 1. The lowest BCUT2D eigenvalue weighted by molar-refractivity contribution is 1.01. The predicted molar refractivity (Wildman–Crippen MR) is 90.6 cm³/mol. The number of para-hydroxylation sites is 1. The Hall–Kier alpha value is -0.800. The smallest absolute Gasteiger partial charge is 0.0463 e. The SMILES string of the molecule is CCN(c1ccccc1C)c1cc(Br)ccc1CBr. The maximum absolute atomic E-state index is 3.58. The van der Waals surface area contributed by atoms with E-state index in [0.717, 1.165) is 16.3 Å². The van der Waals surface area contributed by atoms with Gasteiger partial charge in [-0.3, -0.25) is 0 Å². The molecule has 0 saturated heterocycles. The fourth-order valence-electron chi connectivity index (χ4n) is 2.24. The summed E-state index contributed by atoms with van der Waals surface area (Å²) in [5.74, 6) is 0. The lowest BCUT2D eigenvalue weighted by Gasteiger charge is -2.27. The standard InChI is InChI=1S/C16H17Br2N/c1-3-19(15-7-5-4-6-12(15)2)16-10-14(18)9-8-13(16)11-17/h4-10H,3,11H2,1-2H3. The highest BCUT2D eigenvalue weighted by Gasteiger charge is 2.13. The molecule has 2 aromatic carbocycles. The van der Waals surface area contributed by atoms with Gasteiger partial charge in [-0.05, 0) is 43.2 Å². The molecule has 0 spiro atoms. The Kier molecular flexibility index (Phi) is 5.06. The van der Waals surface area contributed by atoms with E-state index in [4.69, 9.17) is 0 Å². The van der Waals surface area contributed by atoms with Crippen LogP contribution in [0, 0.1) is 6.92 Å². The molecule has 0 amide bonds. The van der Waals surface area contributed by atoms with Gasteiger partial charge in [-0.15, -0.1) is 0 Å². The highest BCUT2D eigenvalue weighted by molar-refractivity contribution is 9.10. The quantitative estimate of drug-likeness (QED) is 0.603. The molecule has 0 saturated carbocycles. The minimum atomic E-state index is 0.859. The van der Waals surface area contributed by atoms with Crippen molar-refractivity contribution in [3.05, 3.63) is 58.1 Å². The summed E-state index contributed by atoms with van der Waals surface area (Å²) in [6.45, 7) is 5.29. The topological polar surface area (TPSA) is 3.24 Å². The van der Waals surface area contributed by atoms with Crippen molar-refractivity contribution in [2.45, 2.75) is 19.2 Å². The van der Waals surface area contributed by atoms with E-state index in [1.807, 2.05) is 0 Å². The highest BCUT2D eigenvalue weighted by Crippen LogP contribution is 2.33. The van der Waals surface area contributed by atoms with Crippen molar-refractivity contribution < 1.29 is 0 Å². The number of hydrogen-bond acceptors (Lipinski definition) is 1. The summed E-state index contributed by atoms with van der Waals surface area (Å²) < 4.78 is 1.11. The third-order valence-electron chi connectivity index (χ3n) is 3.20. The van der Waals surface area contributed by atoms with Gasteiger partial charge in [-0.25, -0.2) is 0 Å². The monoisotopic (exact) mass is 381 g/mol. The Balaban J connectivity index is 2.54. The molecule has 2 aromatic rings. The van der Waals surface area contributed by atoms with Gasteiger partial charge in [0.1, 0.15) is 0 Å². The minimum Gasteiger partial charge on any atom is -0.341 e. The molecule has 100 valence electrons. The van der Waals surface area contributed by atoms with Crippen LogP contribution in [0.5, 0.6) is 0 Å². The Labute approximate surface area is 131 Å². The Morgan fingerprint density at radius 2 is 1.79 bits per heavy atom. The molecule has 3 heteroatoms. The lowest BCUT2D eigenvalue weighted by atomic mass is 10.1. The molecule has 0 atom stereocenters. The van der Waals surface area contributed by atoms with Gasteiger partial charge < -0.3 is 4.90 Å². The second-order valence-corrected chi connectivity index (χ2v) is 5.91. The van der Waals surface area contributed by atoms with Gasteiger partial charge in [-0.1, -0.05) is 56.1 Å². The van der Waals surface area contributed by atoms with Crippen LogP contribution in [0.4, 0.5) is 11.4 Å². The molecule has 0 unspecified atom stereocenters. The number of hydrogen-bond donors (Lipinski definition) is 0. The average molecular weight is 383 g/mol. The third-order valence-corrected chi connectivity index (χ3v) is 4.30. The van der Waals surface area contributed by atoms with Crippen molar-refractivity contribution in [2.75, 3.05) is 11.4 Å². The van der Waals surface area contributed by atoms with Crippen molar-refractivity contribution in [3.63, 3.8) is 0 Å². The predicted octanol–water partition coefficient (Wildman–Crippen LogP) is 5.81. The first-order valence-electron chi connectivity index (χ1n) is 6.35. The van der Waals surface area contributed by atoms with Crippen LogP contribution < -0.4 is 4.90 Å². The van der Waals surface area contributed by atoms with Crippen molar-refractivity contribution >= 4 is 43.2 Å². The second-order valence-electron chi connectivity index (χ2n) is 4.44. The largest absolute Gasteiger partial charge is 0.341 e. The van der Waals surface area contributed by atoms with E-state index < -0.39 is 0 Å². The summed E-state index contributed by atoms with van der Waals surface area (Å²) in [5, 5.41) is 0.859. The van der Waals surface area contributed by atoms with Gasteiger partial charge in [0.15, 0.2) is 0 Å². The molecule has 19 heavy (non-hydrogen) atoms. The first kappa shape index (κ1) is 14.6.